The molecular weight excluding hydrogens is 390 g/mol. The lowest BCUT2D eigenvalue weighted by atomic mass is 10.1. The van der Waals surface area contributed by atoms with Crippen molar-refractivity contribution in [3.63, 3.8) is 0 Å². The zero-order valence-electron chi connectivity index (χ0n) is 17.3. The molecule has 1 heterocycles. The highest BCUT2D eigenvalue weighted by atomic mass is 16.5. The first-order valence-electron chi connectivity index (χ1n) is 10.5. The van der Waals surface area contributed by atoms with Crippen molar-refractivity contribution in [3.8, 4) is 5.75 Å². The van der Waals surface area contributed by atoms with E-state index in [0.29, 0.717) is 26.2 Å². The summed E-state index contributed by atoms with van der Waals surface area (Å²) < 4.78 is 11.2. The lowest BCUT2D eigenvalue weighted by molar-refractivity contribution is -0.148. The maximum atomic E-state index is 12.5. The van der Waals surface area contributed by atoms with Crippen LogP contribution in [0.1, 0.15) is 17.5 Å². The average molecular weight is 415 g/mol. The van der Waals surface area contributed by atoms with Crippen molar-refractivity contribution < 1.29 is 19.1 Å². The summed E-state index contributed by atoms with van der Waals surface area (Å²) in [6, 6.07) is 27.2. The number of nitrogens with zero attached hydrogens (tertiary/aromatic N) is 1. The van der Waals surface area contributed by atoms with Gasteiger partial charge in [-0.2, -0.15) is 0 Å². The molecule has 1 amide bonds. The first-order valence-corrected chi connectivity index (χ1v) is 10.5. The lowest BCUT2D eigenvalue weighted by Crippen LogP contribution is -2.26. The highest BCUT2D eigenvalue weighted by Gasteiger charge is 2.36. The fourth-order valence-electron chi connectivity index (χ4n) is 3.61. The lowest BCUT2D eigenvalue weighted by Gasteiger charge is -2.17. The fourth-order valence-corrected chi connectivity index (χ4v) is 3.61. The molecule has 4 rings (SSSR count). The third-order valence-corrected chi connectivity index (χ3v) is 5.33. The standard InChI is InChI=1S/C26H25NO4/c28-25-17-22(26(29)30-16-15-20-7-3-1-4-8-20)18-27(25)23-11-13-24(14-12-23)31-19-21-9-5-2-6-10-21/h1-14,22H,15-19H2. The molecule has 0 saturated carbocycles. The molecule has 0 bridgehead atoms. The van der Waals surface area contributed by atoms with Crippen molar-refractivity contribution in [1.29, 1.82) is 0 Å². The Morgan fingerprint density at radius 3 is 2.19 bits per heavy atom. The Hall–Kier alpha value is -3.60. The molecule has 0 radical (unpaired) electrons. The summed E-state index contributed by atoms with van der Waals surface area (Å²) in [6.07, 6.45) is 0.845. The summed E-state index contributed by atoms with van der Waals surface area (Å²) in [5.74, 6) is -0.0778. The van der Waals surface area contributed by atoms with E-state index < -0.39 is 5.92 Å². The molecule has 0 spiro atoms. The van der Waals surface area contributed by atoms with Crippen molar-refractivity contribution in [2.75, 3.05) is 18.1 Å². The average Bonchev–Trinajstić information content (AvgIpc) is 3.21. The van der Waals surface area contributed by atoms with Gasteiger partial charge in [0.1, 0.15) is 12.4 Å². The molecule has 3 aromatic rings. The highest BCUT2D eigenvalue weighted by Crippen LogP contribution is 2.27. The molecule has 3 aromatic carbocycles. The normalized spacial score (nSPS) is 15.7. The van der Waals surface area contributed by atoms with Crippen LogP contribution in [0.5, 0.6) is 5.75 Å². The Labute approximate surface area is 182 Å². The van der Waals surface area contributed by atoms with Crippen LogP contribution in [0.4, 0.5) is 5.69 Å². The Morgan fingerprint density at radius 1 is 0.871 bits per heavy atom. The Morgan fingerprint density at radius 2 is 1.52 bits per heavy atom. The Bertz CT molecular complexity index is 1000. The molecule has 5 heteroatoms. The third-order valence-electron chi connectivity index (χ3n) is 5.33. The van der Waals surface area contributed by atoms with Gasteiger partial charge in [-0.1, -0.05) is 60.7 Å². The number of hydrogen-bond acceptors (Lipinski definition) is 4. The van der Waals surface area contributed by atoms with E-state index in [4.69, 9.17) is 9.47 Å². The molecule has 0 aromatic heterocycles. The molecule has 1 aliphatic heterocycles. The number of anilines is 1. The SMILES string of the molecule is O=C(OCCc1ccccc1)C1CC(=O)N(c2ccc(OCc3ccccc3)cc2)C1. The smallest absolute Gasteiger partial charge is 0.311 e. The van der Waals surface area contributed by atoms with Gasteiger partial charge in [0.2, 0.25) is 5.91 Å². The zero-order valence-corrected chi connectivity index (χ0v) is 17.3. The number of benzene rings is 3. The molecule has 158 valence electrons. The number of carbonyl (C=O) groups is 2. The molecule has 5 nitrogen and oxygen atoms in total. The van der Waals surface area contributed by atoms with Crippen LogP contribution in [-0.4, -0.2) is 25.0 Å². The number of amides is 1. The predicted molar refractivity (Wildman–Crippen MR) is 119 cm³/mol. The number of ether oxygens (including phenoxy) is 2. The van der Waals surface area contributed by atoms with Crippen molar-refractivity contribution in [3.05, 3.63) is 96.1 Å². The van der Waals surface area contributed by atoms with Crippen molar-refractivity contribution in [2.45, 2.75) is 19.4 Å². The van der Waals surface area contributed by atoms with Crippen LogP contribution in [0.25, 0.3) is 0 Å². The maximum absolute atomic E-state index is 12.5. The number of carbonyl (C=O) groups excluding carboxylic acids is 2. The van der Waals surface area contributed by atoms with E-state index in [0.717, 1.165) is 22.6 Å². The molecule has 1 atom stereocenters. The molecular formula is C26H25NO4. The summed E-state index contributed by atoms with van der Waals surface area (Å²) in [4.78, 5) is 26.5. The van der Waals surface area contributed by atoms with Crippen LogP contribution < -0.4 is 9.64 Å². The first-order chi connectivity index (χ1) is 15.2. The summed E-state index contributed by atoms with van der Waals surface area (Å²) in [5, 5.41) is 0. The van der Waals surface area contributed by atoms with Gasteiger partial charge in [0.15, 0.2) is 0 Å². The van der Waals surface area contributed by atoms with Crippen LogP contribution in [-0.2, 0) is 27.4 Å². The molecule has 1 fully saturated rings. The minimum absolute atomic E-state index is 0.0667. The second-order valence-corrected chi connectivity index (χ2v) is 7.58. The van der Waals surface area contributed by atoms with Gasteiger partial charge in [0.05, 0.1) is 12.5 Å². The van der Waals surface area contributed by atoms with Gasteiger partial charge < -0.3 is 14.4 Å². The summed E-state index contributed by atoms with van der Waals surface area (Å²) in [7, 11) is 0. The molecule has 31 heavy (non-hydrogen) atoms. The molecule has 1 saturated heterocycles. The van der Waals surface area contributed by atoms with E-state index in [2.05, 4.69) is 0 Å². The second-order valence-electron chi connectivity index (χ2n) is 7.58. The van der Waals surface area contributed by atoms with Gasteiger partial charge in [-0.05, 0) is 35.4 Å². The molecule has 1 unspecified atom stereocenters. The second kappa shape index (κ2) is 9.94. The van der Waals surface area contributed by atoms with E-state index in [1.165, 1.54) is 0 Å². The first kappa shape index (κ1) is 20.7. The fraction of sp³-hybridized carbons (Fsp3) is 0.231. The predicted octanol–water partition coefficient (Wildman–Crippen LogP) is 4.40. The summed E-state index contributed by atoms with van der Waals surface area (Å²) in [6.45, 7) is 1.15. The molecule has 0 aliphatic carbocycles. The number of hydrogen-bond donors (Lipinski definition) is 0. The van der Waals surface area contributed by atoms with E-state index in [-0.39, 0.29) is 18.3 Å². The minimum atomic E-state index is -0.433. The van der Waals surface area contributed by atoms with Gasteiger partial charge in [0.25, 0.3) is 0 Å². The monoisotopic (exact) mass is 415 g/mol. The quantitative estimate of drug-likeness (QED) is 0.512. The largest absolute Gasteiger partial charge is 0.489 e. The summed E-state index contributed by atoms with van der Waals surface area (Å²) >= 11 is 0. The van der Waals surface area contributed by atoms with E-state index in [1.54, 1.807) is 4.90 Å². The highest BCUT2D eigenvalue weighted by molar-refractivity contribution is 5.99. The third kappa shape index (κ3) is 5.51. The van der Waals surface area contributed by atoms with Crippen LogP contribution in [0.15, 0.2) is 84.9 Å². The minimum Gasteiger partial charge on any atom is -0.489 e. The van der Waals surface area contributed by atoms with Crippen LogP contribution >= 0.6 is 0 Å². The molecule has 0 N–H and O–H groups in total. The van der Waals surface area contributed by atoms with Crippen LogP contribution in [0.2, 0.25) is 0 Å². The number of esters is 1. The van der Waals surface area contributed by atoms with Gasteiger partial charge in [-0.25, -0.2) is 0 Å². The van der Waals surface area contributed by atoms with Crippen LogP contribution in [0, 0.1) is 5.92 Å². The Balaban J connectivity index is 1.27. The Kier molecular flexibility index (Phi) is 6.62. The van der Waals surface area contributed by atoms with E-state index >= 15 is 0 Å². The van der Waals surface area contributed by atoms with Gasteiger partial charge in [-0.15, -0.1) is 0 Å². The van der Waals surface area contributed by atoms with Gasteiger partial charge >= 0.3 is 5.97 Å². The zero-order chi connectivity index (χ0) is 21.5. The maximum Gasteiger partial charge on any atom is 0.311 e. The topological polar surface area (TPSA) is 55.8 Å². The molecule has 1 aliphatic rings. The van der Waals surface area contributed by atoms with E-state index in [1.807, 2.05) is 84.9 Å². The van der Waals surface area contributed by atoms with Gasteiger partial charge in [0, 0.05) is 25.1 Å². The van der Waals surface area contributed by atoms with Gasteiger partial charge in [-0.3, -0.25) is 9.59 Å². The number of rotatable bonds is 8. The van der Waals surface area contributed by atoms with Crippen LogP contribution in [0.3, 0.4) is 0 Å². The van der Waals surface area contributed by atoms with E-state index in [9.17, 15) is 9.59 Å². The van der Waals surface area contributed by atoms with Crippen molar-refractivity contribution in [2.24, 2.45) is 5.92 Å². The van der Waals surface area contributed by atoms with Crippen molar-refractivity contribution >= 4 is 17.6 Å². The van der Waals surface area contributed by atoms with Crippen molar-refractivity contribution in [1.82, 2.24) is 0 Å². The summed E-state index contributed by atoms with van der Waals surface area (Å²) in [5.41, 5.74) is 2.97.